The van der Waals surface area contributed by atoms with Crippen LogP contribution in [-0.2, 0) is 5.88 Å². The van der Waals surface area contributed by atoms with Crippen molar-refractivity contribution in [1.82, 2.24) is 0 Å². The van der Waals surface area contributed by atoms with Crippen LogP contribution in [0.3, 0.4) is 0 Å². The Morgan fingerprint density at radius 2 is 2.00 bits per heavy atom. The zero-order valence-electron chi connectivity index (χ0n) is 10.1. The molecule has 0 aromatic heterocycles. The molecule has 94 valence electrons. The molecule has 0 radical (unpaired) electrons. The second-order valence-corrected chi connectivity index (χ2v) is 6.07. The third-order valence-corrected chi connectivity index (χ3v) is 4.20. The summed E-state index contributed by atoms with van der Waals surface area (Å²) in [5, 5.41) is 0. The van der Waals surface area contributed by atoms with Crippen LogP contribution in [0.5, 0.6) is 5.75 Å². The minimum absolute atomic E-state index is 0.370. The molecule has 0 bridgehead atoms. The third kappa shape index (κ3) is 3.62. The predicted molar refractivity (Wildman–Crippen MR) is 75.7 cm³/mol. The highest BCUT2D eigenvalue weighted by molar-refractivity contribution is 9.10. The van der Waals surface area contributed by atoms with Gasteiger partial charge < -0.3 is 4.74 Å². The first-order valence-corrected chi connectivity index (χ1v) is 7.53. The predicted octanol–water partition coefficient (Wildman–Crippen LogP) is 5.15. The molecule has 2 rings (SSSR count). The molecule has 1 nitrogen and oxygen atoms in total. The summed E-state index contributed by atoms with van der Waals surface area (Å²) >= 11 is 9.40. The molecule has 0 aliphatic heterocycles. The monoisotopic (exact) mass is 316 g/mol. The Morgan fingerprint density at radius 3 is 2.65 bits per heavy atom. The van der Waals surface area contributed by atoms with Crippen molar-refractivity contribution in [2.75, 3.05) is 0 Å². The summed E-state index contributed by atoms with van der Waals surface area (Å²) in [4.78, 5) is 0. The van der Waals surface area contributed by atoms with Gasteiger partial charge in [-0.3, -0.25) is 0 Å². The molecule has 3 heteroatoms. The van der Waals surface area contributed by atoms with Gasteiger partial charge in [0.2, 0.25) is 0 Å². The molecule has 0 spiro atoms. The van der Waals surface area contributed by atoms with E-state index in [1.807, 2.05) is 18.2 Å². The summed E-state index contributed by atoms with van der Waals surface area (Å²) in [6.45, 7) is 2.32. The number of alkyl halides is 1. The molecule has 0 atom stereocenters. The Labute approximate surface area is 117 Å². The smallest absolute Gasteiger partial charge is 0.124 e. The van der Waals surface area contributed by atoms with E-state index in [1.54, 1.807) is 0 Å². The van der Waals surface area contributed by atoms with Crippen LogP contribution < -0.4 is 4.74 Å². The number of rotatable bonds is 3. The number of benzene rings is 1. The minimum atomic E-state index is 0.370. The van der Waals surface area contributed by atoms with E-state index >= 15 is 0 Å². The Balaban J connectivity index is 2.03. The number of ether oxygens (including phenoxy) is 1. The van der Waals surface area contributed by atoms with Crippen molar-refractivity contribution in [2.45, 2.75) is 44.6 Å². The fourth-order valence-corrected chi connectivity index (χ4v) is 2.91. The lowest BCUT2D eigenvalue weighted by atomic mass is 9.89. The van der Waals surface area contributed by atoms with Gasteiger partial charge >= 0.3 is 0 Å². The fourth-order valence-electron chi connectivity index (χ4n) is 2.29. The highest BCUT2D eigenvalue weighted by atomic mass is 79.9. The van der Waals surface area contributed by atoms with E-state index in [2.05, 4.69) is 22.9 Å². The van der Waals surface area contributed by atoms with Crippen LogP contribution in [-0.4, -0.2) is 6.10 Å². The first-order valence-electron chi connectivity index (χ1n) is 6.20. The van der Waals surface area contributed by atoms with E-state index in [0.29, 0.717) is 12.0 Å². The first-order chi connectivity index (χ1) is 8.19. The van der Waals surface area contributed by atoms with Gasteiger partial charge in [0.1, 0.15) is 5.75 Å². The summed E-state index contributed by atoms with van der Waals surface area (Å²) in [7, 11) is 0. The van der Waals surface area contributed by atoms with Crippen LogP contribution in [0.25, 0.3) is 0 Å². The van der Waals surface area contributed by atoms with Gasteiger partial charge in [-0.25, -0.2) is 0 Å². The molecule has 17 heavy (non-hydrogen) atoms. The Bertz CT molecular complexity index is 372. The second kappa shape index (κ2) is 6.10. The van der Waals surface area contributed by atoms with E-state index in [4.69, 9.17) is 16.3 Å². The third-order valence-electron chi connectivity index (χ3n) is 3.42. The SMILES string of the molecule is CC1CCC(Oc2ccc(Br)cc2CCl)CC1. The van der Waals surface area contributed by atoms with Crippen LogP contribution in [0.1, 0.15) is 38.2 Å². The zero-order valence-corrected chi connectivity index (χ0v) is 12.4. The lowest BCUT2D eigenvalue weighted by Crippen LogP contribution is -2.23. The van der Waals surface area contributed by atoms with Crippen molar-refractivity contribution < 1.29 is 4.74 Å². The van der Waals surface area contributed by atoms with Gasteiger partial charge in [-0.2, -0.15) is 0 Å². The first kappa shape index (κ1) is 13.2. The van der Waals surface area contributed by atoms with E-state index in [1.165, 1.54) is 25.7 Å². The Morgan fingerprint density at radius 1 is 1.29 bits per heavy atom. The number of hydrogen-bond donors (Lipinski definition) is 0. The minimum Gasteiger partial charge on any atom is -0.490 e. The van der Waals surface area contributed by atoms with Gasteiger partial charge in [0.25, 0.3) is 0 Å². The van der Waals surface area contributed by atoms with Crippen LogP contribution in [0.15, 0.2) is 22.7 Å². The van der Waals surface area contributed by atoms with Crippen molar-refractivity contribution in [1.29, 1.82) is 0 Å². The van der Waals surface area contributed by atoms with Crippen molar-refractivity contribution in [3.63, 3.8) is 0 Å². The molecular formula is C14H18BrClO. The topological polar surface area (TPSA) is 9.23 Å². The molecule has 1 aromatic carbocycles. The molecule has 0 unspecified atom stereocenters. The summed E-state index contributed by atoms with van der Waals surface area (Å²) in [6.07, 6.45) is 5.25. The summed E-state index contributed by atoms with van der Waals surface area (Å²) < 4.78 is 7.13. The maximum absolute atomic E-state index is 6.08. The average Bonchev–Trinajstić information content (AvgIpc) is 2.34. The molecule has 1 fully saturated rings. The fraction of sp³-hybridized carbons (Fsp3) is 0.571. The molecule has 0 heterocycles. The molecule has 1 aliphatic rings. The highest BCUT2D eigenvalue weighted by Gasteiger charge is 2.20. The van der Waals surface area contributed by atoms with Crippen molar-refractivity contribution in [3.05, 3.63) is 28.2 Å². The van der Waals surface area contributed by atoms with Crippen LogP contribution in [0.2, 0.25) is 0 Å². The van der Waals surface area contributed by atoms with Crippen LogP contribution in [0.4, 0.5) is 0 Å². The van der Waals surface area contributed by atoms with Crippen LogP contribution in [0, 0.1) is 5.92 Å². The lowest BCUT2D eigenvalue weighted by Gasteiger charge is -2.27. The largest absolute Gasteiger partial charge is 0.490 e. The maximum Gasteiger partial charge on any atom is 0.124 e. The Kier molecular flexibility index (Phi) is 4.75. The van der Waals surface area contributed by atoms with Crippen LogP contribution >= 0.6 is 27.5 Å². The zero-order chi connectivity index (χ0) is 12.3. The van der Waals surface area contributed by atoms with Gasteiger partial charge in [0.15, 0.2) is 0 Å². The van der Waals surface area contributed by atoms with Crippen molar-refractivity contribution in [2.24, 2.45) is 5.92 Å². The Hall–Kier alpha value is -0.210. The quantitative estimate of drug-likeness (QED) is 0.701. The van der Waals surface area contributed by atoms with E-state index < -0.39 is 0 Å². The van der Waals surface area contributed by atoms with Gasteiger partial charge in [-0.15, -0.1) is 11.6 Å². The van der Waals surface area contributed by atoms with Crippen molar-refractivity contribution in [3.8, 4) is 5.75 Å². The summed E-state index contributed by atoms with van der Waals surface area (Å²) in [5.41, 5.74) is 1.07. The molecule has 0 saturated heterocycles. The molecule has 1 aliphatic carbocycles. The van der Waals surface area contributed by atoms with Gasteiger partial charge in [-0.1, -0.05) is 22.9 Å². The normalized spacial score (nSPS) is 24.6. The van der Waals surface area contributed by atoms with Gasteiger partial charge in [0, 0.05) is 10.0 Å². The number of halogens is 2. The number of hydrogen-bond acceptors (Lipinski definition) is 1. The van der Waals surface area contributed by atoms with E-state index in [-0.39, 0.29) is 0 Å². The lowest BCUT2D eigenvalue weighted by molar-refractivity contribution is 0.134. The van der Waals surface area contributed by atoms with Crippen molar-refractivity contribution >= 4 is 27.5 Å². The van der Waals surface area contributed by atoms with Gasteiger partial charge in [-0.05, 0) is 49.8 Å². The molecule has 0 N–H and O–H groups in total. The summed E-state index contributed by atoms with van der Waals surface area (Å²) in [5.74, 6) is 2.30. The van der Waals surface area contributed by atoms with Gasteiger partial charge in [0.05, 0.1) is 12.0 Å². The van der Waals surface area contributed by atoms with E-state index in [0.717, 1.165) is 21.7 Å². The molecular weight excluding hydrogens is 300 g/mol. The maximum atomic E-state index is 6.08. The van der Waals surface area contributed by atoms with E-state index in [9.17, 15) is 0 Å². The standard InChI is InChI=1S/C14H18BrClO/c1-10-2-5-13(6-3-10)17-14-7-4-12(15)8-11(14)9-16/h4,7-8,10,13H,2-3,5-6,9H2,1H3. The average molecular weight is 318 g/mol. The highest BCUT2D eigenvalue weighted by Crippen LogP contribution is 2.30. The molecule has 1 aromatic rings. The molecule has 1 saturated carbocycles. The second-order valence-electron chi connectivity index (χ2n) is 4.89. The summed E-state index contributed by atoms with van der Waals surface area (Å²) in [6, 6.07) is 6.06. The molecule has 0 amide bonds.